The van der Waals surface area contributed by atoms with Gasteiger partial charge in [-0.1, -0.05) is 233 Å². The highest BCUT2D eigenvalue weighted by atomic mass is 16.5. The molecular weight excluding hydrogens is 671 g/mol. The summed E-state index contributed by atoms with van der Waals surface area (Å²) in [5, 5.41) is 23.7. The molecule has 0 bridgehead atoms. The van der Waals surface area contributed by atoms with Crippen LogP contribution in [0, 0.1) is 0 Å². The molecule has 3 unspecified atom stereocenters. The molecule has 0 aliphatic carbocycles. The molecule has 322 valence electrons. The molecule has 0 radical (unpaired) electrons. The first-order valence-electron chi connectivity index (χ1n) is 24.3. The van der Waals surface area contributed by atoms with E-state index >= 15 is 0 Å². The Morgan fingerprint density at radius 1 is 0.463 bits per heavy atom. The maximum Gasteiger partial charge on any atom is 0.306 e. The standard InChI is InChI=1S/C48H95NO5/c1-4-7-10-13-16-19-21-23-24-25-26-28-31-34-37-40-46(51)45(43-50)49-47(52)42-44(39-36-33-30-18-15-12-9-6-3)54-48(53)41-38-35-32-29-27-22-20-17-14-11-8-5-2/h44-46,50-51H,4-43H2,1-3H3,(H,49,52). The minimum absolute atomic E-state index is 0.0862. The molecule has 1 amide bonds. The summed E-state index contributed by atoms with van der Waals surface area (Å²) in [7, 11) is 0. The van der Waals surface area contributed by atoms with Gasteiger partial charge in [0, 0.05) is 6.42 Å². The van der Waals surface area contributed by atoms with Gasteiger partial charge in [0.05, 0.1) is 25.2 Å². The molecule has 0 saturated carbocycles. The van der Waals surface area contributed by atoms with E-state index in [0.29, 0.717) is 19.3 Å². The summed E-state index contributed by atoms with van der Waals surface area (Å²) in [5.41, 5.74) is 0. The van der Waals surface area contributed by atoms with Gasteiger partial charge in [-0.3, -0.25) is 9.59 Å². The summed E-state index contributed by atoms with van der Waals surface area (Å²) in [5.74, 6) is -0.460. The normalized spacial score (nSPS) is 13.2. The second-order valence-corrected chi connectivity index (χ2v) is 16.9. The number of nitrogens with one attached hydrogen (secondary N) is 1. The van der Waals surface area contributed by atoms with E-state index in [0.717, 1.165) is 44.9 Å². The molecule has 0 heterocycles. The lowest BCUT2D eigenvalue weighted by atomic mass is 10.0. The van der Waals surface area contributed by atoms with Gasteiger partial charge in [-0.05, 0) is 25.7 Å². The number of carbonyl (C=O) groups is 2. The van der Waals surface area contributed by atoms with Crippen molar-refractivity contribution in [2.45, 2.75) is 289 Å². The van der Waals surface area contributed by atoms with Gasteiger partial charge in [-0.2, -0.15) is 0 Å². The fourth-order valence-electron chi connectivity index (χ4n) is 7.73. The Morgan fingerprint density at radius 3 is 1.13 bits per heavy atom. The fourth-order valence-corrected chi connectivity index (χ4v) is 7.73. The van der Waals surface area contributed by atoms with Crippen LogP contribution < -0.4 is 5.32 Å². The van der Waals surface area contributed by atoms with Crippen LogP contribution in [0.2, 0.25) is 0 Å². The Labute approximate surface area is 336 Å². The molecule has 54 heavy (non-hydrogen) atoms. The zero-order valence-corrected chi connectivity index (χ0v) is 36.6. The highest BCUT2D eigenvalue weighted by Gasteiger charge is 2.24. The second kappa shape index (κ2) is 43.0. The van der Waals surface area contributed by atoms with Gasteiger partial charge in [0.2, 0.25) is 5.91 Å². The van der Waals surface area contributed by atoms with E-state index in [4.69, 9.17) is 4.74 Å². The molecule has 6 nitrogen and oxygen atoms in total. The monoisotopic (exact) mass is 766 g/mol. The predicted molar refractivity (Wildman–Crippen MR) is 232 cm³/mol. The molecule has 0 aromatic rings. The Balaban J connectivity index is 4.39. The van der Waals surface area contributed by atoms with Gasteiger partial charge in [-0.25, -0.2) is 0 Å². The molecule has 0 aliphatic rings. The first-order valence-corrected chi connectivity index (χ1v) is 24.3. The zero-order chi connectivity index (χ0) is 39.6. The summed E-state index contributed by atoms with van der Waals surface area (Å²) in [6, 6.07) is -0.690. The van der Waals surface area contributed by atoms with Gasteiger partial charge in [0.25, 0.3) is 0 Å². The van der Waals surface area contributed by atoms with Crippen molar-refractivity contribution in [3.63, 3.8) is 0 Å². The van der Waals surface area contributed by atoms with Crippen molar-refractivity contribution in [1.29, 1.82) is 0 Å². The Kier molecular flexibility index (Phi) is 42.1. The van der Waals surface area contributed by atoms with Gasteiger partial charge < -0.3 is 20.3 Å². The molecule has 0 saturated heterocycles. The minimum Gasteiger partial charge on any atom is -0.462 e. The summed E-state index contributed by atoms with van der Waals surface area (Å²) in [6.07, 6.45) is 44.5. The quantitative estimate of drug-likeness (QED) is 0.0424. The number of esters is 1. The smallest absolute Gasteiger partial charge is 0.306 e. The van der Waals surface area contributed by atoms with E-state index in [2.05, 4.69) is 26.1 Å². The number of aliphatic hydroxyl groups excluding tert-OH is 2. The highest BCUT2D eigenvalue weighted by molar-refractivity contribution is 5.77. The van der Waals surface area contributed by atoms with Crippen molar-refractivity contribution in [3.8, 4) is 0 Å². The average molecular weight is 766 g/mol. The lowest BCUT2D eigenvalue weighted by Crippen LogP contribution is -2.46. The Hall–Kier alpha value is -1.14. The molecule has 0 aromatic carbocycles. The SMILES string of the molecule is CCCCCCCCCCCCCCCCCC(O)C(CO)NC(=O)CC(CCCCCCCCCC)OC(=O)CCCCCCCCCCCCCC. The predicted octanol–water partition coefficient (Wildman–Crippen LogP) is 14.0. The molecule has 6 heteroatoms. The summed E-state index contributed by atoms with van der Waals surface area (Å²) < 4.78 is 5.89. The van der Waals surface area contributed by atoms with Crippen LogP contribution in [0.25, 0.3) is 0 Å². The highest BCUT2D eigenvalue weighted by Crippen LogP contribution is 2.18. The van der Waals surface area contributed by atoms with Crippen molar-refractivity contribution in [2.24, 2.45) is 0 Å². The molecule has 0 fully saturated rings. The summed E-state index contributed by atoms with van der Waals surface area (Å²) in [4.78, 5) is 25.9. The van der Waals surface area contributed by atoms with Crippen LogP contribution in [0.5, 0.6) is 0 Å². The van der Waals surface area contributed by atoms with Crippen LogP contribution in [-0.4, -0.2) is 46.9 Å². The number of aliphatic hydroxyl groups is 2. The maximum absolute atomic E-state index is 13.1. The van der Waals surface area contributed by atoms with Crippen molar-refractivity contribution >= 4 is 11.9 Å². The molecule has 0 spiro atoms. The molecule has 0 aliphatic heterocycles. The third kappa shape index (κ3) is 37.8. The number of hydrogen-bond donors (Lipinski definition) is 3. The molecule has 0 aromatic heterocycles. The minimum atomic E-state index is -0.777. The van der Waals surface area contributed by atoms with E-state index < -0.39 is 18.2 Å². The number of hydrogen-bond acceptors (Lipinski definition) is 5. The van der Waals surface area contributed by atoms with Crippen molar-refractivity contribution in [1.82, 2.24) is 5.32 Å². The number of amides is 1. The van der Waals surface area contributed by atoms with Gasteiger partial charge in [0.15, 0.2) is 0 Å². The van der Waals surface area contributed by atoms with Crippen molar-refractivity contribution in [2.75, 3.05) is 6.61 Å². The van der Waals surface area contributed by atoms with E-state index in [1.54, 1.807) is 0 Å². The number of carbonyl (C=O) groups excluding carboxylic acids is 2. The molecule has 0 rings (SSSR count). The van der Waals surface area contributed by atoms with Gasteiger partial charge in [-0.15, -0.1) is 0 Å². The Bertz CT molecular complexity index is 776. The first kappa shape index (κ1) is 52.9. The van der Waals surface area contributed by atoms with E-state index in [9.17, 15) is 19.8 Å². The van der Waals surface area contributed by atoms with E-state index in [1.165, 1.54) is 180 Å². The van der Waals surface area contributed by atoms with Crippen molar-refractivity contribution < 1.29 is 24.5 Å². The van der Waals surface area contributed by atoms with E-state index in [-0.39, 0.29) is 24.9 Å². The fraction of sp³-hybridized carbons (Fsp3) is 0.958. The molecule has 3 N–H and O–H groups in total. The summed E-state index contributed by atoms with van der Waals surface area (Å²) >= 11 is 0. The number of ether oxygens (including phenoxy) is 1. The average Bonchev–Trinajstić information content (AvgIpc) is 3.16. The van der Waals surface area contributed by atoms with Crippen LogP contribution in [0.15, 0.2) is 0 Å². The largest absolute Gasteiger partial charge is 0.462 e. The Morgan fingerprint density at radius 2 is 0.778 bits per heavy atom. The third-order valence-electron chi connectivity index (χ3n) is 11.4. The molecule has 3 atom stereocenters. The van der Waals surface area contributed by atoms with E-state index in [1.807, 2.05) is 0 Å². The lowest BCUT2D eigenvalue weighted by molar-refractivity contribution is -0.151. The van der Waals surface area contributed by atoms with Gasteiger partial charge in [0.1, 0.15) is 6.10 Å². The van der Waals surface area contributed by atoms with Crippen LogP contribution >= 0.6 is 0 Å². The maximum atomic E-state index is 13.1. The lowest BCUT2D eigenvalue weighted by Gasteiger charge is -2.24. The third-order valence-corrected chi connectivity index (χ3v) is 11.4. The van der Waals surface area contributed by atoms with Crippen LogP contribution in [0.3, 0.4) is 0 Å². The number of rotatable bonds is 44. The van der Waals surface area contributed by atoms with Crippen LogP contribution in [0.1, 0.15) is 271 Å². The van der Waals surface area contributed by atoms with Crippen molar-refractivity contribution in [3.05, 3.63) is 0 Å². The second-order valence-electron chi connectivity index (χ2n) is 16.9. The zero-order valence-electron chi connectivity index (χ0n) is 36.6. The number of unbranched alkanes of at least 4 members (excludes halogenated alkanes) is 32. The molecular formula is C48H95NO5. The summed E-state index contributed by atoms with van der Waals surface area (Å²) in [6.45, 7) is 6.47. The first-order chi connectivity index (χ1) is 26.5. The topological polar surface area (TPSA) is 95.9 Å². The van der Waals surface area contributed by atoms with Gasteiger partial charge >= 0.3 is 5.97 Å². The van der Waals surface area contributed by atoms with Crippen LogP contribution in [0.4, 0.5) is 0 Å². The van der Waals surface area contributed by atoms with Crippen LogP contribution in [-0.2, 0) is 14.3 Å².